The van der Waals surface area contributed by atoms with E-state index >= 15 is 0 Å². The first-order chi connectivity index (χ1) is 8.97. The van der Waals surface area contributed by atoms with E-state index in [1.807, 2.05) is 6.92 Å². The molecule has 1 aromatic carbocycles. The van der Waals surface area contributed by atoms with Gasteiger partial charge in [0, 0.05) is 19.5 Å². The van der Waals surface area contributed by atoms with Crippen molar-refractivity contribution < 1.29 is 13.2 Å². The second kappa shape index (κ2) is 7.12. The molecule has 0 fully saturated rings. The smallest absolute Gasteiger partial charge is 0.246 e. The van der Waals surface area contributed by atoms with Gasteiger partial charge in [-0.25, -0.2) is 12.7 Å². The van der Waals surface area contributed by atoms with E-state index in [2.05, 4.69) is 0 Å². The summed E-state index contributed by atoms with van der Waals surface area (Å²) in [6.07, 6.45) is 1.78. The van der Waals surface area contributed by atoms with Crippen LogP contribution in [0.5, 0.6) is 5.75 Å². The summed E-state index contributed by atoms with van der Waals surface area (Å²) in [4.78, 5) is 0.183. The standard InChI is InChI=1S/C13H20ClNO3S/c1-4-5-8-15(2)19(16,17)13-7-6-11(10-14)9-12(13)18-3/h6-7,9H,4-5,8,10H2,1-3H3. The molecule has 0 amide bonds. The van der Waals surface area contributed by atoms with Crippen molar-refractivity contribution in [3.05, 3.63) is 23.8 Å². The third kappa shape index (κ3) is 3.84. The van der Waals surface area contributed by atoms with E-state index in [4.69, 9.17) is 16.3 Å². The lowest BCUT2D eigenvalue weighted by Gasteiger charge is -2.18. The molecule has 1 aromatic rings. The van der Waals surface area contributed by atoms with Crippen LogP contribution in [0.1, 0.15) is 25.3 Å². The summed E-state index contributed by atoms with van der Waals surface area (Å²) < 4.78 is 31.4. The first-order valence-corrected chi connectivity index (χ1v) is 8.14. The fourth-order valence-electron chi connectivity index (χ4n) is 1.68. The van der Waals surface area contributed by atoms with Gasteiger partial charge in [0.05, 0.1) is 7.11 Å². The minimum Gasteiger partial charge on any atom is -0.495 e. The Morgan fingerprint density at radius 2 is 2.05 bits per heavy atom. The molecule has 1 rings (SSSR count). The largest absolute Gasteiger partial charge is 0.495 e. The summed E-state index contributed by atoms with van der Waals surface area (Å²) in [6.45, 7) is 2.52. The SMILES string of the molecule is CCCCN(C)S(=O)(=O)c1ccc(CCl)cc1OC. The number of benzene rings is 1. The monoisotopic (exact) mass is 305 g/mol. The summed E-state index contributed by atoms with van der Waals surface area (Å²) in [6, 6.07) is 4.91. The van der Waals surface area contributed by atoms with Crippen molar-refractivity contribution >= 4 is 21.6 Å². The van der Waals surface area contributed by atoms with Gasteiger partial charge in [-0.2, -0.15) is 0 Å². The van der Waals surface area contributed by atoms with Crippen LogP contribution in [0, 0.1) is 0 Å². The third-order valence-electron chi connectivity index (χ3n) is 2.90. The van der Waals surface area contributed by atoms with Crippen molar-refractivity contribution in [3.63, 3.8) is 0 Å². The molecule has 108 valence electrons. The number of unbranched alkanes of at least 4 members (excludes halogenated alkanes) is 1. The number of sulfonamides is 1. The van der Waals surface area contributed by atoms with E-state index in [0.717, 1.165) is 18.4 Å². The lowest BCUT2D eigenvalue weighted by atomic mass is 10.2. The number of rotatable bonds is 7. The maximum atomic E-state index is 12.4. The zero-order valence-corrected chi connectivity index (χ0v) is 13.1. The molecule has 0 bridgehead atoms. The summed E-state index contributed by atoms with van der Waals surface area (Å²) in [5.74, 6) is 0.657. The molecule has 0 atom stereocenters. The molecule has 0 spiro atoms. The van der Waals surface area contributed by atoms with Crippen LogP contribution < -0.4 is 4.74 Å². The van der Waals surface area contributed by atoms with E-state index in [1.54, 1.807) is 25.2 Å². The number of alkyl halides is 1. The van der Waals surface area contributed by atoms with Gasteiger partial charge in [0.15, 0.2) is 0 Å². The van der Waals surface area contributed by atoms with Crippen LogP contribution >= 0.6 is 11.6 Å². The second-order valence-corrected chi connectivity index (χ2v) is 6.58. The fourth-order valence-corrected chi connectivity index (χ4v) is 3.19. The number of hydrogen-bond acceptors (Lipinski definition) is 3. The highest BCUT2D eigenvalue weighted by Crippen LogP contribution is 2.28. The molecule has 0 aliphatic carbocycles. The molecule has 0 N–H and O–H groups in total. The molecular formula is C13H20ClNO3S. The van der Waals surface area contributed by atoms with Gasteiger partial charge in [-0.15, -0.1) is 11.6 Å². The highest BCUT2D eigenvalue weighted by Gasteiger charge is 2.24. The predicted molar refractivity (Wildman–Crippen MR) is 77.3 cm³/mol. The van der Waals surface area contributed by atoms with E-state index in [-0.39, 0.29) is 4.90 Å². The molecule has 0 aromatic heterocycles. The van der Waals surface area contributed by atoms with Crippen LogP contribution in [0.25, 0.3) is 0 Å². The maximum absolute atomic E-state index is 12.4. The van der Waals surface area contributed by atoms with Gasteiger partial charge >= 0.3 is 0 Å². The highest BCUT2D eigenvalue weighted by atomic mass is 35.5. The molecule has 0 saturated heterocycles. The van der Waals surface area contributed by atoms with Crippen LogP contribution in [0.15, 0.2) is 23.1 Å². The third-order valence-corrected chi connectivity index (χ3v) is 5.10. The summed E-state index contributed by atoms with van der Waals surface area (Å²) in [5.41, 5.74) is 0.827. The second-order valence-electron chi connectivity index (χ2n) is 4.30. The minimum atomic E-state index is -3.51. The number of halogens is 1. The van der Waals surface area contributed by atoms with Crippen molar-refractivity contribution in [2.45, 2.75) is 30.5 Å². The lowest BCUT2D eigenvalue weighted by Crippen LogP contribution is -2.28. The fraction of sp³-hybridized carbons (Fsp3) is 0.538. The molecule has 6 heteroatoms. The first-order valence-electron chi connectivity index (χ1n) is 6.16. The number of methoxy groups -OCH3 is 1. The van der Waals surface area contributed by atoms with E-state index in [0.29, 0.717) is 18.2 Å². The molecule has 0 saturated carbocycles. The van der Waals surface area contributed by atoms with Crippen molar-refractivity contribution in [2.75, 3.05) is 20.7 Å². The van der Waals surface area contributed by atoms with Crippen LogP contribution in [-0.4, -0.2) is 33.4 Å². The average molecular weight is 306 g/mol. The Hall–Kier alpha value is -0.780. The van der Waals surface area contributed by atoms with E-state index in [1.165, 1.54) is 11.4 Å². The Morgan fingerprint density at radius 1 is 1.37 bits per heavy atom. The van der Waals surface area contributed by atoms with Crippen LogP contribution in [0.4, 0.5) is 0 Å². The Labute approximate surface area is 120 Å². The van der Waals surface area contributed by atoms with Gasteiger partial charge in [-0.3, -0.25) is 0 Å². The Morgan fingerprint density at radius 3 is 2.58 bits per heavy atom. The summed E-state index contributed by atoms with van der Waals surface area (Å²) in [5, 5.41) is 0. The van der Waals surface area contributed by atoms with E-state index < -0.39 is 10.0 Å². The number of hydrogen-bond donors (Lipinski definition) is 0. The molecule has 0 aliphatic rings. The van der Waals surface area contributed by atoms with Crippen LogP contribution in [-0.2, 0) is 15.9 Å². The quantitative estimate of drug-likeness (QED) is 0.728. The molecule has 4 nitrogen and oxygen atoms in total. The molecule has 0 heterocycles. The Balaban J connectivity index is 3.13. The molecular weight excluding hydrogens is 286 g/mol. The van der Waals surface area contributed by atoms with Gasteiger partial charge in [-0.1, -0.05) is 19.4 Å². The highest BCUT2D eigenvalue weighted by molar-refractivity contribution is 7.89. The summed E-state index contributed by atoms with van der Waals surface area (Å²) >= 11 is 5.74. The average Bonchev–Trinajstić information content (AvgIpc) is 2.43. The normalized spacial score (nSPS) is 11.8. The number of ether oxygens (including phenoxy) is 1. The Kier molecular flexibility index (Phi) is 6.10. The summed E-state index contributed by atoms with van der Waals surface area (Å²) in [7, 11) is -0.474. The molecule has 19 heavy (non-hydrogen) atoms. The van der Waals surface area contributed by atoms with Gasteiger partial charge in [0.1, 0.15) is 10.6 Å². The van der Waals surface area contributed by atoms with Crippen molar-refractivity contribution in [3.8, 4) is 5.75 Å². The van der Waals surface area contributed by atoms with Crippen LogP contribution in [0.2, 0.25) is 0 Å². The van der Waals surface area contributed by atoms with Crippen molar-refractivity contribution in [2.24, 2.45) is 0 Å². The Bertz CT molecular complexity index is 517. The van der Waals surface area contributed by atoms with Crippen molar-refractivity contribution in [1.82, 2.24) is 4.31 Å². The minimum absolute atomic E-state index is 0.183. The van der Waals surface area contributed by atoms with Gasteiger partial charge < -0.3 is 4.74 Å². The first kappa shape index (κ1) is 16.3. The van der Waals surface area contributed by atoms with E-state index in [9.17, 15) is 8.42 Å². The maximum Gasteiger partial charge on any atom is 0.246 e. The van der Waals surface area contributed by atoms with Gasteiger partial charge in [-0.05, 0) is 24.1 Å². The predicted octanol–water partition coefficient (Wildman–Crippen LogP) is 2.85. The van der Waals surface area contributed by atoms with Gasteiger partial charge in [0.2, 0.25) is 10.0 Å². The zero-order chi connectivity index (χ0) is 14.5. The van der Waals surface area contributed by atoms with Crippen LogP contribution in [0.3, 0.4) is 0 Å². The van der Waals surface area contributed by atoms with Gasteiger partial charge in [0.25, 0.3) is 0 Å². The molecule has 0 unspecified atom stereocenters. The number of nitrogens with zero attached hydrogens (tertiary/aromatic N) is 1. The topological polar surface area (TPSA) is 46.6 Å². The zero-order valence-electron chi connectivity index (χ0n) is 11.5. The lowest BCUT2D eigenvalue weighted by molar-refractivity contribution is 0.397. The van der Waals surface area contributed by atoms with Crippen molar-refractivity contribution in [1.29, 1.82) is 0 Å². The molecule has 0 radical (unpaired) electrons. The molecule has 0 aliphatic heterocycles.